The Bertz CT molecular complexity index is 949. The Morgan fingerprint density at radius 3 is 1.71 bits per heavy atom. The molecule has 302 valence electrons. The van der Waals surface area contributed by atoms with Crippen LogP contribution in [0.1, 0.15) is 162 Å². The molecule has 6 atom stereocenters. The number of aliphatic hydroxyl groups is 4. The largest absolute Gasteiger partial charge is 0.462 e. The molecule has 1 heterocycles. The monoisotopic (exact) mass is 739 g/mol. The van der Waals surface area contributed by atoms with Crippen LogP contribution in [-0.4, -0.2) is 89.0 Å². The summed E-state index contributed by atoms with van der Waals surface area (Å²) in [5.41, 5.74) is 0. The van der Waals surface area contributed by atoms with Crippen LogP contribution in [-0.2, 0) is 28.5 Å². The van der Waals surface area contributed by atoms with Gasteiger partial charge in [0.25, 0.3) is 0 Å². The molecule has 0 aliphatic carbocycles. The topological polar surface area (TPSA) is 152 Å². The van der Waals surface area contributed by atoms with Crippen LogP contribution >= 0.6 is 0 Å². The van der Waals surface area contributed by atoms with E-state index in [4.69, 9.17) is 18.9 Å². The molecule has 10 heteroatoms. The van der Waals surface area contributed by atoms with Crippen molar-refractivity contribution >= 4 is 11.9 Å². The normalized spacial score (nSPS) is 21.4. The fourth-order valence-corrected chi connectivity index (χ4v) is 6.03. The zero-order chi connectivity index (χ0) is 38.1. The lowest BCUT2D eigenvalue weighted by molar-refractivity contribution is -0.305. The van der Waals surface area contributed by atoms with Gasteiger partial charge in [0.2, 0.25) is 0 Å². The predicted octanol–water partition coefficient (Wildman–Crippen LogP) is 7.94. The van der Waals surface area contributed by atoms with Crippen molar-refractivity contribution in [3.8, 4) is 0 Å². The second kappa shape index (κ2) is 33.5. The first-order chi connectivity index (χ1) is 25.3. The van der Waals surface area contributed by atoms with E-state index in [0.29, 0.717) is 6.42 Å². The fourth-order valence-electron chi connectivity index (χ4n) is 6.03. The summed E-state index contributed by atoms with van der Waals surface area (Å²) in [5, 5.41) is 39.9. The standard InChI is InChI=1S/C42H74O10/c1-3-5-7-9-11-13-15-16-17-18-19-20-21-23-25-27-29-31-38(45)51-35(34-50-42-41(48)40(47)39(46)36(32-43)52-42)33-49-37(44)30-28-26-24-22-14-12-10-8-6-4-2/h5,7,11,13,16-17,35-36,39-43,46-48H,3-4,6,8-10,12,14-15,18-34H2,1-2H3/b7-5-,13-11-,17-16-. The fraction of sp³-hybridized carbons (Fsp3) is 0.810. The van der Waals surface area contributed by atoms with Crippen LogP contribution in [0.3, 0.4) is 0 Å². The van der Waals surface area contributed by atoms with Crippen molar-refractivity contribution in [2.75, 3.05) is 19.8 Å². The molecule has 0 bridgehead atoms. The van der Waals surface area contributed by atoms with Crippen LogP contribution in [0.4, 0.5) is 0 Å². The van der Waals surface area contributed by atoms with Crippen molar-refractivity contribution < 1.29 is 49.0 Å². The molecular weight excluding hydrogens is 664 g/mol. The highest BCUT2D eigenvalue weighted by molar-refractivity contribution is 5.70. The number of carbonyl (C=O) groups excluding carboxylic acids is 2. The van der Waals surface area contributed by atoms with E-state index in [2.05, 4.69) is 50.3 Å². The molecule has 0 saturated carbocycles. The first-order valence-corrected chi connectivity index (χ1v) is 20.6. The van der Waals surface area contributed by atoms with Gasteiger partial charge in [-0.05, 0) is 44.9 Å². The molecule has 1 saturated heterocycles. The third-order valence-electron chi connectivity index (χ3n) is 9.29. The maximum atomic E-state index is 12.7. The third-order valence-corrected chi connectivity index (χ3v) is 9.29. The average molecular weight is 739 g/mol. The summed E-state index contributed by atoms with van der Waals surface area (Å²) < 4.78 is 22.1. The highest BCUT2D eigenvalue weighted by atomic mass is 16.7. The van der Waals surface area contributed by atoms with Gasteiger partial charge in [-0.25, -0.2) is 0 Å². The lowest BCUT2D eigenvalue weighted by Crippen LogP contribution is -2.59. The number of hydrogen-bond donors (Lipinski definition) is 4. The molecule has 1 aliphatic rings. The lowest BCUT2D eigenvalue weighted by Gasteiger charge is -2.39. The van der Waals surface area contributed by atoms with Gasteiger partial charge in [-0.2, -0.15) is 0 Å². The third kappa shape index (κ3) is 25.0. The molecule has 6 unspecified atom stereocenters. The number of esters is 2. The summed E-state index contributed by atoms with van der Waals surface area (Å²) in [6.45, 7) is 3.27. The van der Waals surface area contributed by atoms with Crippen molar-refractivity contribution in [3.05, 3.63) is 36.5 Å². The molecule has 0 amide bonds. The number of hydrogen-bond acceptors (Lipinski definition) is 10. The molecule has 1 rings (SSSR count). The van der Waals surface area contributed by atoms with Gasteiger partial charge < -0.3 is 39.4 Å². The van der Waals surface area contributed by atoms with Crippen LogP contribution in [0.25, 0.3) is 0 Å². The van der Waals surface area contributed by atoms with E-state index in [-0.39, 0.29) is 32.0 Å². The van der Waals surface area contributed by atoms with Gasteiger partial charge in [0.05, 0.1) is 13.2 Å². The maximum Gasteiger partial charge on any atom is 0.306 e. The van der Waals surface area contributed by atoms with Gasteiger partial charge in [0.1, 0.15) is 31.0 Å². The van der Waals surface area contributed by atoms with E-state index < -0.39 is 49.4 Å². The van der Waals surface area contributed by atoms with Gasteiger partial charge in [-0.3, -0.25) is 9.59 Å². The molecule has 0 aromatic carbocycles. The van der Waals surface area contributed by atoms with Crippen molar-refractivity contribution in [1.82, 2.24) is 0 Å². The molecule has 10 nitrogen and oxygen atoms in total. The Kier molecular flexibility index (Phi) is 30.9. The number of ether oxygens (including phenoxy) is 4. The Hall–Kier alpha value is -2.08. The Labute approximate surface area is 315 Å². The number of aliphatic hydroxyl groups excluding tert-OH is 4. The molecule has 1 fully saturated rings. The molecule has 4 N–H and O–H groups in total. The Morgan fingerprint density at radius 2 is 1.13 bits per heavy atom. The minimum atomic E-state index is -1.59. The minimum absolute atomic E-state index is 0.219. The SMILES string of the molecule is CC/C=C\C/C=C\C/C=C\CCCCCCCCCC(=O)OC(COC(=O)CCCCCCCCCCCC)COC1OC(CO)C(O)C(O)C1O. The van der Waals surface area contributed by atoms with Crippen LogP contribution in [0.2, 0.25) is 0 Å². The number of unbranched alkanes of at least 4 members (excludes halogenated alkanes) is 16. The highest BCUT2D eigenvalue weighted by Crippen LogP contribution is 2.22. The molecule has 0 spiro atoms. The first kappa shape index (κ1) is 47.9. The number of rotatable bonds is 33. The van der Waals surface area contributed by atoms with Crippen LogP contribution < -0.4 is 0 Å². The predicted molar refractivity (Wildman–Crippen MR) is 206 cm³/mol. The second-order valence-corrected chi connectivity index (χ2v) is 14.1. The molecule has 52 heavy (non-hydrogen) atoms. The van der Waals surface area contributed by atoms with Gasteiger partial charge in [-0.15, -0.1) is 0 Å². The molecule has 0 radical (unpaired) electrons. The van der Waals surface area contributed by atoms with E-state index >= 15 is 0 Å². The van der Waals surface area contributed by atoms with Crippen LogP contribution in [0.15, 0.2) is 36.5 Å². The van der Waals surface area contributed by atoms with E-state index in [9.17, 15) is 30.0 Å². The van der Waals surface area contributed by atoms with Crippen molar-refractivity contribution in [1.29, 1.82) is 0 Å². The summed E-state index contributed by atoms with van der Waals surface area (Å²) in [4.78, 5) is 25.2. The van der Waals surface area contributed by atoms with Gasteiger partial charge >= 0.3 is 11.9 Å². The van der Waals surface area contributed by atoms with Gasteiger partial charge in [0.15, 0.2) is 12.4 Å². The summed E-state index contributed by atoms with van der Waals surface area (Å²) in [7, 11) is 0. The van der Waals surface area contributed by atoms with E-state index in [1.54, 1.807) is 0 Å². The first-order valence-electron chi connectivity index (χ1n) is 20.6. The lowest BCUT2D eigenvalue weighted by atomic mass is 9.99. The molecule has 0 aromatic rings. The van der Waals surface area contributed by atoms with E-state index in [0.717, 1.165) is 64.2 Å². The quantitative estimate of drug-likeness (QED) is 0.0297. The van der Waals surface area contributed by atoms with Crippen molar-refractivity contribution in [2.45, 2.75) is 198 Å². The zero-order valence-corrected chi connectivity index (χ0v) is 32.6. The summed E-state index contributed by atoms with van der Waals surface area (Å²) in [5.74, 6) is -0.820. The zero-order valence-electron chi connectivity index (χ0n) is 32.6. The Morgan fingerprint density at radius 1 is 0.615 bits per heavy atom. The second-order valence-electron chi connectivity index (χ2n) is 14.1. The van der Waals surface area contributed by atoms with Crippen LogP contribution in [0.5, 0.6) is 0 Å². The van der Waals surface area contributed by atoms with Crippen LogP contribution in [0, 0.1) is 0 Å². The van der Waals surface area contributed by atoms with Gasteiger partial charge in [0, 0.05) is 12.8 Å². The Balaban J connectivity index is 2.36. The highest BCUT2D eigenvalue weighted by Gasteiger charge is 2.44. The number of allylic oxidation sites excluding steroid dienone is 6. The smallest absolute Gasteiger partial charge is 0.306 e. The minimum Gasteiger partial charge on any atom is -0.462 e. The summed E-state index contributed by atoms with van der Waals surface area (Å²) in [6.07, 6.45) is 28.7. The van der Waals surface area contributed by atoms with E-state index in [1.807, 2.05) is 0 Å². The van der Waals surface area contributed by atoms with Crippen molar-refractivity contribution in [2.24, 2.45) is 0 Å². The number of carbonyl (C=O) groups is 2. The summed E-state index contributed by atoms with van der Waals surface area (Å²) in [6, 6.07) is 0. The molecule has 1 aliphatic heterocycles. The summed E-state index contributed by atoms with van der Waals surface area (Å²) >= 11 is 0. The molecule has 0 aromatic heterocycles. The maximum absolute atomic E-state index is 12.7. The average Bonchev–Trinajstić information content (AvgIpc) is 3.14. The van der Waals surface area contributed by atoms with Crippen molar-refractivity contribution in [3.63, 3.8) is 0 Å². The van der Waals surface area contributed by atoms with E-state index in [1.165, 1.54) is 64.2 Å². The van der Waals surface area contributed by atoms with Gasteiger partial charge in [-0.1, -0.05) is 140 Å². The molecular formula is C42H74O10.